The van der Waals surface area contributed by atoms with Crippen LogP contribution in [0.3, 0.4) is 0 Å². The first-order valence-electron chi connectivity index (χ1n) is 10.1. The zero-order chi connectivity index (χ0) is 22.1. The average molecular weight is 418 g/mol. The number of anilines is 2. The van der Waals surface area contributed by atoms with Crippen molar-refractivity contribution < 1.29 is 14.3 Å². The van der Waals surface area contributed by atoms with Crippen LogP contribution in [0.25, 0.3) is 0 Å². The second-order valence-corrected chi connectivity index (χ2v) is 7.18. The van der Waals surface area contributed by atoms with Crippen molar-refractivity contribution in [3.05, 3.63) is 90.0 Å². The Kier molecular flexibility index (Phi) is 7.79. The van der Waals surface area contributed by atoms with Gasteiger partial charge >= 0.3 is 0 Å². The molecule has 0 aliphatic carbocycles. The van der Waals surface area contributed by atoms with Crippen molar-refractivity contribution in [1.29, 1.82) is 0 Å². The van der Waals surface area contributed by atoms with Crippen LogP contribution in [0.5, 0.6) is 5.75 Å². The number of benzene rings is 3. The maximum atomic E-state index is 12.7. The molecule has 2 amide bonds. The highest BCUT2D eigenvalue weighted by molar-refractivity contribution is 5.95. The monoisotopic (exact) mass is 417 g/mol. The van der Waals surface area contributed by atoms with E-state index in [-0.39, 0.29) is 24.4 Å². The molecular weight excluding hydrogens is 390 g/mol. The molecule has 6 heteroatoms. The van der Waals surface area contributed by atoms with Gasteiger partial charge in [0.15, 0.2) is 0 Å². The molecule has 3 rings (SSSR count). The van der Waals surface area contributed by atoms with Crippen molar-refractivity contribution in [1.82, 2.24) is 5.32 Å². The first-order valence-corrected chi connectivity index (χ1v) is 10.1. The van der Waals surface area contributed by atoms with Gasteiger partial charge in [-0.2, -0.15) is 0 Å². The van der Waals surface area contributed by atoms with Gasteiger partial charge in [0.1, 0.15) is 5.75 Å². The van der Waals surface area contributed by atoms with E-state index in [9.17, 15) is 9.59 Å². The smallest absolute Gasteiger partial charge is 0.238 e. The number of methoxy groups -OCH3 is 1. The molecular formula is C25H27N3O3. The standard InChI is InChI=1S/C25H27N3O3/c1-18(29)27-21-13-14-24(31-2)23(16-21)28-25(30)17-26-22(20-11-7-4-8-12-20)15-19-9-5-3-6-10-19/h3-14,16,22,26H,15,17H2,1-2H3,(H,27,29)(H,28,30). The lowest BCUT2D eigenvalue weighted by Crippen LogP contribution is -2.32. The van der Waals surface area contributed by atoms with Gasteiger partial charge in [0.05, 0.1) is 19.3 Å². The van der Waals surface area contributed by atoms with E-state index < -0.39 is 0 Å². The summed E-state index contributed by atoms with van der Waals surface area (Å²) in [5.74, 6) is 0.134. The molecule has 0 aliphatic rings. The van der Waals surface area contributed by atoms with Gasteiger partial charge in [-0.3, -0.25) is 9.59 Å². The van der Waals surface area contributed by atoms with Gasteiger partial charge < -0.3 is 20.7 Å². The Morgan fingerprint density at radius 1 is 0.903 bits per heavy atom. The lowest BCUT2D eigenvalue weighted by molar-refractivity contribution is -0.115. The van der Waals surface area contributed by atoms with Crippen LogP contribution in [0, 0.1) is 0 Å². The number of carbonyl (C=O) groups excluding carboxylic acids is 2. The number of ether oxygens (including phenoxy) is 1. The molecule has 3 aromatic rings. The van der Waals surface area contributed by atoms with E-state index in [1.165, 1.54) is 19.6 Å². The van der Waals surface area contributed by atoms with Gasteiger partial charge in [-0.25, -0.2) is 0 Å². The summed E-state index contributed by atoms with van der Waals surface area (Å²) >= 11 is 0. The van der Waals surface area contributed by atoms with Gasteiger partial charge in [0, 0.05) is 18.7 Å². The highest BCUT2D eigenvalue weighted by Gasteiger charge is 2.15. The predicted octanol–water partition coefficient (Wildman–Crippen LogP) is 4.17. The van der Waals surface area contributed by atoms with E-state index in [4.69, 9.17) is 4.74 Å². The number of hydrogen-bond donors (Lipinski definition) is 3. The molecule has 160 valence electrons. The van der Waals surface area contributed by atoms with Crippen molar-refractivity contribution in [3.8, 4) is 5.75 Å². The second kappa shape index (κ2) is 10.9. The van der Waals surface area contributed by atoms with Gasteiger partial charge in [0.25, 0.3) is 0 Å². The Bertz CT molecular complexity index is 1010. The third kappa shape index (κ3) is 6.69. The van der Waals surface area contributed by atoms with E-state index in [0.717, 1.165) is 12.0 Å². The zero-order valence-electron chi connectivity index (χ0n) is 17.7. The number of nitrogens with one attached hydrogen (secondary N) is 3. The SMILES string of the molecule is COc1ccc(NC(C)=O)cc1NC(=O)CNC(Cc1ccccc1)c1ccccc1. The van der Waals surface area contributed by atoms with Gasteiger partial charge in [-0.05, 0) is 35.7 Å². The van der Waals surface area contributed by atoms with Crippen molar-refractivity contribution in [3.63, 3.8) is 0 Å². The molecule has 3 aromatic carbocycles. The van der Waals surface area contributed by atoms with E-state index in [0.29, 0.717) is 17.1 Å². The lowest BCUT2D eigenvalue weighted by Gasteiger charge is -2.20. The molecule has 0 aromatic heterocycles. The summed E-state index contributed by atoms with van der Waals surface area (Å²) in [5.41, 5.74) is 3.39. The fourth-order valence-corrected chi connectivity index (χ4v) is 3.34. The predicted molar refractivity (Wildman–Crippen MR) is 123 cm³/mol. The van der Waals surface area contributed by atoms with Crippen LogP contribution < -0.4 is 20.7 Å². The molecule has 0 fully saturated rings. The van der Waals surface area contributed by atoms with Crippen LogP contribution in [-0.4, -0.2) is 25.5 Å². The molecule has 1 unspecified atom stereocenters. The van der Waals surface area contributed by atoms with E-state index in [1.807, 2.05) is 36.4 Å². The molecule has 31 heavy (non-hydrogen) atoms. The van der Waals surface area contributed by atoms with Gasteiger partial charge in [-0.15, -0.1) is 0 Å². The topological polar surface area (TPSA) is 79.5 Å². The quantitative estimate of drug-likeness (QED) is 0.488. The van der Waals surface area contributed by atoms with Crippen molar-refractivity contribution in [2.75, 3.05) is 24.3 Å². The molecule has 0 bridgehead atoms. The molecule has 6 nitrogen and oxygen atoms in total. The van der Waals surface area contributed by atoms with Crippen molar-refractivity contribution in [2.45, 2.75) is 19.4 Å². The average Bonchev–Trinajstić information content (AvgIpc) is 2.78. The Morgan fingerprint density at radius 3 is 2.23 bits per heavy atom. The maximum Gasteiger partial charge on any atom is 0.238 e. The minimum atomic E-state index is -0.202. The molecule has 0 aliphatic heterocycles. The Hall–Kier alpha value is -3.64. The summed E-state index contributed by atoms with van der Waals surface area (Å²) < 4.78 is 5.33. The summed E-state index contributed by atoms with van der Waals surface area (Å²) in [7, 11) is 1.53. The molecule has 3 N–H and O–H groups in total. The van der Waals surface area contributed by atoms with Crippen LogP contribution in [0.4, 0.5) is 11.4 Å². The van der Waals surface area contributed by atoms with Gasteiger partial charge in [-0.1, -0.05) is 60.7 Å². The summed E-state index contributed by atoms with van der Waals surface area (Å²) in [4.78, 5) is 24.0. The largest absolute Gasteiger partial charge is 0.495 e. The fourth-order valence-electron chi connectivity index (χ4n) is 3.34. The number of amides is 2. The first-order chi connectivity index (χ1) is 15.0. The van der Waals surface area contributed by atoms with Crippen LogP contribution in [0.1, 0.15) is 24.1 Å². The van der Waals surface area contributed by atoms with Crippen LogP contribution >= 0.6 is 0 Å². The summed E-state index contributed by atoms with van der Waals surface area (Å²) in [5, 5.41) is 8.94. The van der Waals surface area contributed by atoms with E-state index in [2.05, 4.69) is 40.2 Å². The maximum absolute atomic E-state index is 12.7. The number of rotatable bonds is 9. The third-order valence-corrected chi connectivity index (χ3v) is 4.79. The third-order valence-electron chi connectivity index (χ3n) is 4.79. The normalized spacial score (nSPS) is 11.4. The fraction of sp³-hybridized carbons (Fsp3) is 0.200. The molecule has 0 radical (unpaired) electrons. The minimum Gasteiger partial charge on any atom is -0.495 e. The van der Waals surface area contributed by atoms with E-state index >= 15 is 0 Å². The van der Waals surface area contributed by atoms with Gasteiger partial charge in [0.2, 0.25) is 11.8 Å². The molecule has 0 saturated heterocycles. The number of hydrogen-bond acceptors (Lipinski definition) is 4. The van der Waals surface area contributed by atoms with E-state index in [1.54, 1.807) is 18.2 Å². The second-order valence-electron chi connectivity index (χ2n) is 7.18. The first kappa shape index (κ1) is 22.1. The van der Waals surface area contributed by atoms with Crippen LogP contribution in [0.2, 0.25) is 0 Å². The van der Waals surface area contributed by atoms with Crippen molar-refractivity contribution >= 4 is 23.2 Å². The van der Waals surface area contributed by atoms with Crippen LogP contribution in [0.15, 0.2) is 78.9 Å². The zero-order valence-corrected chi connectivity index (χ0v) is 17.7. The summed E-state index contributed by atoms with van der Waals surface area (Å²) in [6.45, 7) is 1.56. The number of carbonyl (C=O) groups is 2. The Labute approximate surface area is 182 Å². The lowest BCUT2D eigenvalue weighted by atomic mass is 9.99. The molecule has 1 atom stereocenters. The van der Waals surface area contributed by atoms with Crippen molar-refractivity contribution in [2.24, 2.45) is 0 Å². The summed E-state index contributed by atoms with van der Waals surface area (Å²) in [6, 6.07) is 25.3. The molecule has 0 spiro atoms. The van der Waals surface area contributed by atoms with Crippen LogP contribution in [-0.2, 0) is 16.0 Å². The Balaban J connectivity index is 1.69. The molecule has 0 saturated carbocycles. The Morgan fingerprint density at radius 2 is 1.58 bits per heavy atom. The molecule has 0 heterocycles. The highest BCUT2D eigenvalue weighted by atomic mass is 16.5. The summed E-state index contributed by atoms with van der Waals surface area (Å²) in [6.07, 6.45) is 0.763. The minimum absolute atomic E-state index is 0.0121. The highest BCUT2D eigenvalue weighted by Crippen LogP contribution is 2.28.